The van der Waals surface area contributed by atoms with E-state index in [0.717, 1.165) is 32.0 Å². The van der Waals surface area contributed by atoms with Crippen LogP contribution in [-0.4, -0.2) is 11.8 Å². The van der Waals surface area contributed by atoms with E-state index in [1.807, 2.05) is 12.2 Å². The van der Waals surface area contributed by atoms with Gasteiger partial charge in [0, 0.05) is 0 Å². The van der Waals surface area contributed by atoms with Crippen molar-refractivity contribution < 1.29 is 9.18 Å². The Morgan fingerprint density at radius 2 is 2.11 bits per heavy atom. The predicted octanol–water partition coefficient (Wildman–Crippen LogP) is 3.82. The fraction of sp³-hybridized carbons (Fsp3) is 0.500. The molecule has 0 saturated heterocycles. The summed E-state index contributed by atoms with van der Waals surface area (Å²) in [7, 11) is 0. The van der Waals surface area contributed by atoms with Gasteiger partial charge in [0.25, 0.3) is 0 Å². The van der Waals surface area contributed by atoms with Crippen molar-refractivity contribution in [3.63, 3.8) is 0 Å². The van der Waals surface area contributed by atoms with E-state index < -0.39 is 5.54 Å². The Kier molecular flexibility index (Phi) is 4.78. The summed E-state index contributed by atoms with van der Waals surface area (Å²) in [5, 5.41) is 0. The molecule has 0 heterocycles. The van der Waals surface area contributed by atoms with Gasteiger partial charge in [0.2, 0.25) is 0 Å². The van der Waals surface area contributed by atoms with E-state index in [1.165, 1.54) is 18.4 Å². The van der Waals surface area contributed by atoms with Crippen molar-refractivity contribution in [2.45, 2.75) is 44.1 Å². The summed E-state index contributed by atoms with van der Waals surface area (Å²) >= 11 is 1.23. The average molecular weight is 267 g/mol. The maximum Gasteiger partial charge on any atom is 0.140 e. The summed E-state index contributed by atoms with van der Waals surface area (Å²) in [5.74, 6) is -0.214. The van der Waals surface area contributed by atoms with Crippen LogP contribution in [0.5, 0.6) is 0 Å². The molecule has 0 aromatic carbocycles. The van der Waals surface area contributed by atoms with Crippen LogP contribution in [0.2, 0.25) is 0 Å². The van der Waals surface area contributed by atoms with Crippen molar-refractivity contribution in [3.05, 3.63) is 35.0 Å². The van der Waals surface area contributed by atoms with E-state index >= 15 is 0 Å². The second-order valence-corrected chi connectivity index (χ2v) is 5.63. The summed E-state index contributed by atoms with van der Waals surface area (Å²) in [6.45, 7) is 0. The largest absolute Gasteiger partial charge is 0.301 e. The lowest BCUT2D eigenvalue weighted by Gasteiger charge is -2.32. The SMILES string of the molecule is O=CC1(NSC2=CC=CCC=C2F)CCCCC1. The quantitative estimate of drug-likeness (QED) is 0.620. The van der Waals surface area contributed by atoms with Crippen LogP contribution in [0.4, 0.5) is 4.39 Å². The smallest absolute Gasteiger partial charge is 0.140 e. The lowest BCUT2D eigenvalue weighted by molar-refractivity contribution is -0.113. The van der Waals surface area contributed by atoms with Crippen molar-refractivity contribution >= 4 is 18.2 Å². The minimum Gasteiger partial charge on any atom is -0.301 e. The van der Waals surface area contributed by atoms with Gasteiger partial charge in [-0.2, -0.15) is 0 Å². The topological polar surface area (TPSA) is 29.1 Å². The summed E-state index contributed by atoms with van der Waals surface area (Å²) in [5.41, 5.74) is -0.472. The number of carbonyl (C=O) groups excluding carboxylic acids is 1. The fourth-order valence-electron chi connectivity index (χ4n) is 2.25. The van der Waals surface area contributed by atoms with Crippen LogP contribution >= 0.6 is 11.9 Å². The number of nitrogens with one attached hydrogen (secondary N) is 1. The van der Waals surface area contributed by atoms with Gasteiger partial charge in [0.05, 0.1) is 10.4 Å². The molecule has 1 fully saturated rings. The molecule has 0 unspecified atom stereocenters. The first-order valence-corrected chi connectivity index (χ1v) is 7.21. The third kappa shape index (κ3) is 3.33. The molecule has 2 nitrogen and oxygen atoms in total. The minimum absolute atomic E-state index is 0.214. The van der Waals surface area contributed by atoms with Crippen LogP contribution in [-0.2, 0) is 4.79 Å². The molecule has 18 heavy (non-hydrogen) atoms. The zero-order valence-corrected chi connectivity index (χ0v) is 11.1. The Hall–Kier alpha value is -0.870. The monoisotopic (exact) mass is 267 g/mol. The van der Waals surface area contributed by atoms with Gasteiger partial charge in [-0.15, -0.1) is 0 Å². The van der Waals surface area contributed by atoms with Crippen molar-refractivity contribution in [3.8, 4) is 0 Å². The Morgan fingerprint density at radius 3 is 2.83 bits per heavy atom. The molecule has 0 aliphatic heterocycles. The zero-order chi connectivity index (χ0) is 12.8. The molecule has 1 saturated carbocycles. The number of aldehydes is 1. The van der Waals surface area contributed by atoms with E-state index in [-0.39, 0.29) is 5.83 Å². The van der Waals surface area contributed by atoms with Gasteiger partial charge in [-0.1, -0.05) is 31.4 Å². The minimum atomic E-state index is -0.472. The fourth-order valence-corrected chi connectivity index (χ4v) is 3.14. The van der Waals surface area contributed by atoms with E-state index in [0.29, 0.717) is 11.3 Å². The number of carbonyl (C=O) groups is 1. The lowest BCUT2D eigenvalue weighted by atomic mass is 9.84. The van der Waals surface area contributed by atoms with Crippen LogP contribution in [0.3, 0.4) is 0 Å². The molecule has 0 atom stereocenters. The molecular formula is C14H18FNOS. The van der Waals surface area contributed by atoms with E-state index in [9.17, 15) is 9.18 Å². The third-order valence-electron chi connectivity index (χ3n) is 3.39. The van der Waals surface area contributed by atoms with E-state index in [4.69, 9.17) is 0 Å². The molecule has 0 aromatic rings. The molecule has 1 N–H and O–H groups in total. The summed E-state index contributed by atoms with van der Waals surface area (Å²) in [6, 6.07) is 0. The van der Waals surface area contributed by atoms with Gasteiger partial charge in [0.1, 0.15) is 12.1 Å². The zero-order valence-electron chi connectivity index (χ0n) is 10.3. The first-order chi connectivity index (χ1) is 8.76. The molecule has 2 aliphatic rings. The molecule has 0 radical (unpaired) electrons. The van der Waals surface area contributed by atoms with Gasteiger partial charge in [-0.25, -0.2) is 9.11 Å². The molecular weight excluding hydrogens is 249 g/mol. The normalized spacial score (nSPS) is 22.9. The number of halogens is 1. The Morgan fingerprint density at radius 1 is 1.33 bits per heavy atom. The molecule has 0 bridgehead atoms. The number of allylic oxidation sites excluding steroid dienone is 5. The maximum absolute atomic E-state index is 13.7. The molecule has 0 spiro atoms. The van der Waals surface area contributed by atoms with Gasteiger partial charge in [0.15, 0.2) is 0 Å². The van der Waals surface area contributed by atoms with Crippen molar-refractivity contribution in [2.24, 2.45) is 0 Å². The van der Waals surface area contributed by atoms with Crippen LogP contribution in [0, 0.1) is 0 Å². The Labute approximate surface area is 112 Å². The first kappa shape index (κ1) is 13.6. The highest BCUT2D eigenvalue weighted by Crippen LogP contribution is 2.32. The van der Waals surface area contributed by atoms with Crippen LogP contribution in [0.1, 0.15) is 38.5 Å². The number of hydrogen-bond donors (Lipinski definition) is 1. The average Bonchev–Trinajstić information content (AvgIpc) is 2.62. The number of rotatable bonds is 4. The predicted molar refractivity (Wildman–Crippen MR) is 73.6 cm³/mol. The second kappa shape index (κ2) is 6.34. The highest BCUT2D eigenvalue weighted by molar-refractivity contribution is 8.01. The van der Waals surface area contributed by atoms with Gasteiger partial charge in [-0.05, 0) is 43.4 Å². The Balaban J connectivity index is 1.99. The lowest BCUT2D eigenvalue weighted by Crippen LogP contribution is -2.44. The van der Waals surface area contributed by atoms with Crippen LogP contribution in [0.25, 0.3) is 0 Å². The number of hydrogen-bond acceptors (Lipinski definition) is 3. The summed E-state index contributed by atoms with van der Waals surface area (Å²) in [6.07, 6.45) is 13.7. The molecule has 0 aromatic heterocycles. The van der Waals surface area contributed by atoms with Gasteiger partial charge < -0.3 is 4.79 Å². The van der Waals surface area contributed by atoms with Crippen molar-refractivity contribution in [1.29, 1.82) is 0 Å². The third-order valence-corrected chi connectivity index (χ3v) is 4.45. The van der Waals surface area contributed by atoms with Gasteiger partial charge in [-0.3, -0.25) is 0 Å². The molecule has 2 aliphatic carbocycles. The van der Waals surface area contributed by atoms with E-state index in [2.05, 4.69) is 4.72 Å². The van der Waals surface area contributed by atoms with Gasteiger partial charge >= 0.3 is 0 Å². The molecule has 4 heteroatoms. The van der Waals surface area contributed by atoms with Crippen molar-refractivity contribution in [2.75, 3.05) is 0 Å². The highest BCUT2D eigenvalue weighted by Gasteiger charge is 2.31. The summed E-state index contributed by atoms with van der Waals surface area (Å²) < 4.78 is 16.9. The van der Waals surface area contributed by atoms with Crippen molar-refractivity contribution in [1.82, 2.24) is 4.72 Å². The Bertz CT molecular complexity index is 395. The van der Waals surface area contributed by atoms with Crippen LogP contribution in [0.15, 0.2) is 35.0 Å². The molecule has 2 rings (SSSR count). The highest BCUT2D eigenvalue weighted by atomic mass is 32.2. The second-order valence-electron chi connectivity index (χ2n) is 4.79. The van der Waals surface area contributed by atoms with Crippen LogP contribution < -0.4 is 4.72 Å². The first-order valence-electron chi connectivity index (χ1n) is 6.39. The maximum atomic E-state index is 13.7. The standard InChI is InChI=1S/C14H18FNOS/c15-12-7-3-1-4-8-13(12)18-16-14(11-17)9-5-2-6-10-14/h1,4,7-8,11,16H,2-3,5-6,9-10H2. The molecule has 0 amide bonds. The molecule has 98 valence electrons. The summed E-state index contributed by atoms with van der Waals surface area (Å²) in [4.78, 5) is 11.8. The van der Waals surface area contributed by atoms with E-state index in [1.54, 1.807) is 12.2 Å².